The van der Waals surface area contributed by atoms with Crippen LogP contribution in [0.25, 0.3) is 0 Å². The van der Waals surface area contributed by atoms with Crippen molar-refractivity contribution in [3.8, 4) is 0 Å². The lowest BCUT2D eigenvalue weighted by Crippen LogP contribution is -2.54. The molecule has 4 aliphatic carbocycles. The SMILES string of the molecule is O=C(NCCS(=O)(=O)N1CCN(c2ccc(Cl)cc2)CC1)C12CC3CC(CC(C3)C1)C2. The molecular formula is C23H32ClN3O3S. The van der Waals surface area contributed by atoms with Crippen LogP contribution in [0.1, 0.15) is 38.5 Å². The summed E-state index contributed by atoms with van der Waals surface area (Å²) in [6.45, 7) is 2.45. The Labute approximate surface area is 190 Å². The predicted molar refractivity (Wildman–Crippen MR) is 123 cm³/mol. The fraction of sp³-hybridized carbons (Fsp3) is 0.696. The Bertz CT molecular complexity index is 891. The van der Waals surface area contributed by atoms with E-state index in [0.29, 0.717) is 49.0 Å². The van der Waals surface area contributed by atoms with Gasteiger partial charge in [0.15, 0.2) is 0 Å². The monoisotopic (exact) mass is 465 g/mol. The van der Waals surface area contributed by atoms with Gasteiger partial charge in [-0.2, -0.15) is 4.31 Å². The Balaban J connectivity index is 1.11. The Morgan fingerprint density at radius 1 is 0.968 bits per heavy atom. The van der Waals surface area contributed by atoms with Crippen molar-refractivity contribution in [1.29, 1.82) is 0 Å². The third-order valence-corrected chi connectivity index (χ3v) is 10.1. The zero-order valence-corrected chi connectivity index (χ0v) is 19.5. The molecule has 0 aromatic heterocycles. The number of amides is 1. The van der Waals surface area contributed by atoms with Crippen molar-refractivity contribution in [2.75, 3.05) is 43.4 Å². The molecule has 1 saturated heterocycles. The van der Waals surface area contributed by atoms with Crippen LogP contribution < -0.4 is 10.2 Å². The molecule has 0 unspecified atom stereocenters. The maximum absolute atomic E-state index is 13.0. The molecular weight excluding hydrogens is 434 g/mol. The molecule has 5 aliphatic rings. The number of hydrogen-bond donors (Lipinski definition) is 1. The average molecular weight is 466 g/mol. The number of nitrogens with zero attached hydrogens (tertiary/aromatic N) is 2. The van der Waals surface area contributed by atoms with E-state index < -0.39 is 10.0 Å². The number of rotatable bonds is 6. The third kappa shape index (κ3) is 4.33. The summed E-state index contributed by atoms with van der Waals surface area (Å²) >= 11 is 5.96. The molecule has 4 bridgehead atoms. The fourth-order valence-corrected chi connectivity index (χ4v) is 8.34. The second-order valence-corrected chi connectivity index (χ2v) is 12.7. The number of carbonyl (C=O) groups is 1. The Hall–Kier alpha value is -1.31. The van der Waals surface area contributed by atoms with Gasteiger partial charge in [-0.25, -0.2) is 8.42 Å². The van der Waals surface area contributed by atoms with Crippen LogP contribution in [0, 0.1) is 23.2 Å². The summed E-state index contributed by atoms with van der Waals surface area (Å²) in [5, 5.41) is 3.70. The molecule has 8 heteroatoms. The minimum atomic E-state index is -3.38. The number of anilines is 1. The maximum Gasteiger partial charge on any atom is 0.226 e. The molecule has 1 N–H and O–H groups in total. The molecule has 0 radical (unpaired) electrons. The molecule has 5 fully saturated rings. The van der Waals surface area contributed by atoms with Crippen molar-refractivity contribution in [2.45, 2.75) is 38.5 Å². The molecule has 170 valence electrons. The van der Waals surface area contributed by atoms with E-state index in [1.165, 1.54) is 19.3 Å². The summed E-state index contributed by atoms with van der Waals surface area (Å²) in [6, 6.07) is 7.64. The standard InChI is InChI=1S/C23H32ClN3O3S/c24-20-1-3-21(4-2-20)26-6-8-27(9-7-26)31(29,30)10-5-25-22(28)23-14-17-11-18(15-23)13-19(12-17)16-23/h1-4,17-19H,5-16H2,(H,25,28). The molecule has 1 aromatic carbocycles. The minimum absolute atomic E-state index is 0.0218. The topological polar surface area (TPSA) is 69.7 Å². The van der Waals surface area contributed by atoms with Crippen molar-refractivity contribution in [1.82, 2.24) is 9.62 Å². The summed E-state index contributed by atoms with van der Waals surface area (Å²) in [7, 11) is -3.38. The number of halogens is 1. The molecule has 6 rings (SSSR count). The highest BCUT2D eigenvalue weighted by molar-refractivity contribution is 7.89. The summed E-state index contributed by atoms with van der Waals surface area (Å²) < 4.78 is 27.2. The minimum Gasteiger partial charge on any atom is -0.369 e. The van der Waals surface area contributed by atoms with Crippen molar-refractivity contribution in [3.63, 3.8) is 0 Å². The first-order chi connectivity index (χ1) is 14.8. The number of carbonyl (C=O) groups excluding carboxylic acids is 1. The van der Waals surface area contributed by atoms with E-state index in [4.69, 9.17) is 11.6 Å². The van der Waals surface area contributed by atoms with E-state index in [1.54, 1.807) is 4.31 Å². The van der Waals surface area contributed by atoms with Crippen molar-refractivity contribution in [3.05, 3.63) is 29.3 Å². The summed E-state index contributed by atoms with van der Waals surface area (Å²) in [5.74, 6) is 2.20. The maximum atomic E-state index is 13.0. The molecule has 6 nitrogen and oxygen atoms in total. The van der Waals surface area contributed by atoms with Gasteiger partial charge in [0.25, 0.3) is 0 Å². The Kier molecular flexibility index (Phi) is 5.72. The summed E-state index contributed by atoms with van der Waals surface area (Å²) in [4.78, 5) is 15.2. The van der Waals surface area contributed by atoms with Crippen LogP contribution in [0.2, 0.25) is 5.02 Å². The van der Waals surface area contributed by atoms with Gasteiger partial charge in [-0.3, -0.25) is 4.79 Å². The second kappa shape index (κ2) is 8.23. The zero-order chi connectivity index (χ0) is 21.6. The normalized spacial score (nSPS) is 32.9. The van der Waals surface area contributed by atoms with E-state index in [-0.39, 0.29) is 23.6 Å². The summed E-state index contributed by atoms with van der Waals surface area (Å²) in [6.07, 6.45) is 6.90. The molecule has 1 aliphatic heterocycles. The molecule has 1 amide bonds. The van der Waals surface area contributed by atoms with E-state index in [1.807, 2.05) is 24.3 Å². The van der Waals surface area contributed by atoms with Gasteiger partial charge in [0.2, 0.25) is 15.9 Å². The van der Waals surface area contributed by atoms with Crippen LogP contribution in [0.4, 0.5) is 5.69 Å². The highest BCUT2D eigenvalue weighted by atomic mass is 35.5. The number of piperazine rings is 1. The Morgan fingerprint density at radius 2 is 1.52 bits per heavy atom. The first-order valence-electron chi connectivity index (χ1n) is 11.6. The van der Waals surface area contributed by atoms with Crippen molar-refractivity contribution < 1.29 is 13.2 Å². The Morgan fingerprint density at radius 3 is 2.06 bits per heavy atom. The van der Waals surface area contributed by atoms with Gasteiger partial charge in [0.1, 0.15) is 0 Å². The van der Waals surface area contributed by atoms with Gasteiger partial charge in [-0.1, -0.05) is 11.6 Å². The van der Waals surface area contributed by atoms with Gasteiger partial charge in [0, 0.05) is 48.8 Å². The van der Waals surface area contributed by atoms with E-state index in [2.05, 4.69) is 10.2 Å². The van der Waals surface area contributed by atoms with Gasteiger partial charge in [-0.05, 0) is 80.5 Å². The number of nitrogens with one attached hydrogen (secondary N) is 1. The lowest BCUT2D eigenvalue weighted by Gasteiger charge is -2.55. The van der Waals surface area contributed by atoms with Crippen molar-refractivity contribution >= 4 is 33.2 Å². The molecule has 0 atom stereocenters. The van der Waals surface area contributed by atoms with E-state index >= 15 is 0 Å². The highest BCUT2D eigenvalue weighted by Gasteiger charge is 2.54. The van der Waals surface area contributed by atoms with Crippen LogP contribution >= 0.6 is 11.6 Å². The third-order valence-electron chi connectivity index (χ3n) is 7.99. The predicted octanol–water partition coefficient (Wildman–Crippen LogP) is 3.12. The van der Waals surface area contributed by atoms with Crippen LogP contribution in [0.5, 0.6) is 0 Å². The molecule has 0 spiro atoms. The van der Waals surface area contributed by atoms with Gasteiger partial charge >= 0.3 is 0 Å². The lowest BCUT2D eigenvalue weighted by molar-refractivity contribution is -0.146. The van der Waals surface area contributed by atoms with Gasteiger partial charge in [0.05, 0.1) is 5.75 Å². The number of sulfonamides is 1. The zero-order valence-electron chi connectivity index (χ0n) is 17.9. The molecule has 1 heterocycles. The molecule has 31 heavy (non-hydrogen) atoms. The second-order valence-electron chi connectivity index (χ2n) is 10.1. The largest absolute Gasteiger partial charge is 0.369 e. The lowest BCUT2D eigenvalue weighted by atomic mass is 9.49. The average Bonchev–Trinajstić information content (AvgIpc) is 2.73. The smallest absolute Gasteiger partial charge is 0.226 e. The highest BCUT2D eigenvalue weighted by Crippen LogP contribution is 2.60. The van der Waals surface area contributed by atoms with Gasteiger partial charge in [-0.15, -0.1) is 0 Å². The van der Waals surface area contributed by atoms with Crippen LogP contribution in [-0.4, -0.2) is 57.1 Å². The number of hydrogen-bond acceptors (Lipinski definition) is 4. The molecule has 4 saturated carbocycles. The number of benzene rings is 1. The quantitative estimate of drug-likeness (QED) is 0.700. The van der Waals surface area contributed by atoms with Crippen LogP contribution in [0.15, 0.2) is 24.3 Å². The first kappa shape index (κ1) is 21.5. The van der Waals surface area contributed by atoms with E-state index in [0.717, 1.165) is 24.9 Å². The first-order valence-corrected chi connectivity index (χ1v) is 13.6. The van der Waals surface area contributed by atoms with Crippen LogP contribution in [0.3, 0.4) is 0 Å². The van der Waals surface area contributed by atoms with E-state index in [9.17, 15) is 13.2 Å². The fourth-order valence-electron chi connectivity index (χ4n) is 6.88. The molecule has 1 aromatic rings. The van der Waals surface area contributed by atoms with Gasteiger partial charge < -0.3 is 10.2 Å². The van der Waals surface area contributed by atoms with Crippen molar-refractivity contribution in [2.24, 2.45) is 23.2 Å². The summed E-state index contributed by atoms with van der Waals surface area (Å²) in [5.41, 5.74) is 0.840. The van der Waals surface area contributed by atoms with Crippen LogP contribution in [-0.2, 0) is 14.8 Å².